The fraction of sp³-hybridized carbons (Fsp3) is 0.417. The molecule has 1 saturated heterocycles. The number of aromatic hydroxyl groups is 1. The summed E-state index contributed by atoms with van der Waals surface area (Å²) in [6.45, 7) is 0.276. The van der Waals surface area contributed by atoms with Gasteiger partial charge in [0.05, 0.1) is 17.5 Å². The number of aliphatic carboxylic acids is 1. The normalized spacial score (nSPS) is 22.5. The van der Waals surface area contributed by atoms with E-state index in [2.05, 4.69) is 21.2 Å². The van der Waals surface area contributed by atoms with E-state index in [9.17, 15) is 14.3 Å². The largest absolute Gasteiger partial charge is 0.503 e. The zero-order chi connectivity index (χ0) is 14.2. The van der Waals surface area contributed by atoms with Crippen LogP contribution in [0.1, 0.15) is 18.0 Å². The molecule has 0 amide bonds. The molecule has 5 nitrogen and oxygen atoms in total. The van der Waals surface area contributed by atoms with Crippen molar-refractivity contribution in [2.75, 3.05) is 13.7 Å². The lowest BCUT2D eigenvalue weighted by Crippen LogP contribution is -2.18. The second-order valence-electron chi connectivity index (χ2n) is 4.37. The molecule has 104 valence electrons. The average molecular weight is 334 g/mol. The van der Waals surface area contributed by atoms with E-state index in [1.807, 2.05) is 0 Å². The molecule has 1 heterocycles. The summed E-state index contributed by atoms with van der Waals surface area (Å²) in [5.74, 6) is -2.18. The number of hydrogen-bond acceptors (Lipinski definition) is 4. The topological polar surface area (TPSA) is 78.8 Å². The minimum atomic E-state index is -0.913. The first-order valence-corrected chi connectivity index (χ1v) is 6.46. The minimum absolute atomic E-state index is 0.0286. The molecule has 0 aliphatic carbocycles. The Morgan fingerprint density at radius 2 is 2.32 bits per heavy atom. The van der Waals surface area contributed by atoms with E-state index in [-0.39, 0.29) is 34.5 Å². The molecule has 2 rings (SSSR count). The number of carbonyl (C=O) groups is 1. The predicted octanol–water partition coefficient (Wildman–Crippen LogP) is 2.04. The smallest absolute Gasteiger partial charge is 0.307 e. The number of methoxy groups -OCH3 is 1. The maximum atomic E-state index is 14.0. The average Bonchev–Trinajstić information content (AvgIpc) is 2.83. The van der Waals surface area contributed by atoms with Gasteiger partial charge in [-0.3, -0.25) is 4.79 Å². The molecule has 0 spiro atoms. The maximum Gasteiger partial charge on any atom is 0.307 e. The first kappa shape index (κ1) is 14.1. The number of hydrogen-bond donors (Lipinski definition) is 3. The molecular formula is C12H13BrFNO4. The summed E-state index contributed by atoms with van der Waals surface area (Å²) in [4.78, 5) is 10.9. The second kappa shape index (κ2) is 5.34. The monoisotopic (exact) mass is 333 g/mol. The van der Waals surface area contributed by atoms with Gasteiger partial charge in [-0.1, -0.05) is 0 Å². The van der Waals surface area contributed by atoms with E-state index >= 15 is 0 Å². The van der Waals surface area contributed by atoms with Gasteiger partial charge in [-0.25, -0.2) is 4.39 Å². The number of rotatable bonds is 3. The summed E-state index contributed by atoms with van der Waals surface area (Å²) in [7, 11) is 1.33. The highest BCUT2D eigenvalue weighted by atomic mass is 79.9. The summed E-state index contributed by atoms with van der Waals surface area (Å²) in [6, 6.07) is 0.637. The number of carboxylic acids is 1. The van der Waals surface area contributed by atoms with Gasteiger partial charge in [-0.2, -0.15) is 0 Å². The van der Waals surface area contributed by atoms with E-state index in [0.717, 1.165) is 6.07 Å². The van der Waals surface area contributed by atoms with Crippen LogP contribution in [0.3, 0.4) is 0 Å². The van der Waals surface area contributed by atoms with Gasteiger partial charge in [0.2, 0.25) is 0 Å². The van der Waals surface area contributed by atoms with Crippen molar-refractivity contribution in [1.82, 2.24) is 5.32 Å². The van der Waals surface area contributed by atoms with Gasteiger partial charge >= 0.3 is 5.97 Å². The Morgan fingerprint density at radius 1 is 1.63 bits per heavy atom. The Labute approximate surface area is 117 Å². The number of benzene rings is 1. The fourth-order valence-electron chi connectivity index (χ4n) is 2.22. The Hall–Kier alpha value is -1.34. The highest BCUT2D eigenvalue weighted by molar-refractivity contribution is 9.10. The molecule has 2 atom stereocenters. The van der Waals surface area contributed by atoms with E-state index in [1.165, 1.54) is 7.11 Å². The minimum Gasteiger partial charge on any atom is -0.503 e. The van der Waals surface area contributed by atoms with Crippen LogP contribution in [0.25, 0.3) is 0 Å². The Kier molecular flexibility index (Phi) is 3.96. The third-order valence-corrected chi connectivity index (χ3v) is 4.04. The van der Waals surface area contributed by atoms with Crippen molar-refractivity contribution in [3.8, 4) is 11.5 Å². The molecule has 3 N–H and O–H groups in total. The van der Waals surface area contributed by atoms with Crippen molar-refractivity contribution in [1.29, 1.82) is 0 Å². The van der Waals surface area contributed by atoms with Crippen LogP contribution < -0.4 is 10.1 Å². The van der Waals surface area contributed by atoms with Crippen molar-refractivity contribution in [2.45, 2.75) is 12.5 Å². The van der Waals surface area contributed by atoms with Crippen LogP contribution in [-0.4, -0.2) is 29.8 Å². The van der Waals surface area contributed by atoms with Crippen molar-refractivity contribution in [3.63, 3.8) is 0 Å². The second-order valence-corrected chi connectivity index (χ2v) is 5.16. The SMILES string of the molecule is COc1cc(F)c(C2CC(C(=O)O)CN2)c(Br)c1O. The van der Waals surface area contributed by atoms with Crippen LogP contribution in [0, 0.1) is 11.7 Å². The van der Waals surface area contributed by atoms with E-state index in [0.29, 0.717) is 0 Å². The molecule has 0 bridgehead atoms. The van der Waals surface area contributed by atoms with Gasteiger partial charge in [-0.05, 0) is 22.4 Å². The zero-order valence-electron chi connectivity index (χ0n) is 10.1. The van der Waals surface area contributed by atoms with Crippen LogP contribution in [-0.2, 0) is 4.79 Å². The molecule has 1 aliphatic heterocycles. The van der Waals surface area contributed by atoms with Gasteiger partial charge in [0, 0.05) is 24.2 Å². The van der Waals surface area contributed by atoms with Gasteiger partial charge < -0.3 is 20.3 Å². The molecule has 1 aromatic rings. The van der Waals surface area contributed by atoms with E-state index < -0.39 is 23.7 Å². The summed E-state index contributed by atoms with van der Waals surface area (Å²) in [5.41, 5.74) is 0.224. The molecular weight excluding hydrogens is 321 g/mol. The third-order valence-electron chi connectivity index (χ3n) is 3.24. The Balaban J connectivity index is 2.36. The number of nitrogens with one attached hydrogen (secondary N) is 1. The number of carboxylic acid groups (broad SMARTS) is 1. The summed E-state index contributed by atoms with van der Waals surface area (Å²) in [6.07, 6.45) is 0.274. The lowest BCUT2D eigenvalue weighted by Gasteiger charge is -2.16. The van der Waals surface area contributed by atoms with E-state index in [4.69, 9.17) is 9.84 Å². The van der Waals surface area contributed by atoms with Crippen molar-refractivity contribution in [3.05, 3.63) is 21.9 Å². The predicted molar refractivity (Wildman–Crippen MR) is 68.8 cm³/mol. The first-order chi connectivity index (χ1) is 8.95. The van der Waals surface area contributed by atoms with Crippen LogP contribution >= 0.6 is 15.9 Å². The highest BCUT2D eigenvalue weighted by Crippen LogP contribution is 2.43. The molecule has 19 heavy (non-hydrogen) atoms. The fourth-order valence-corrected chi connectivity index (χ4v) is 2.88. The highest BCUT2D eigenvalue weighted by Gasteiger charge is 2.34. The first-order valence-electron chi connectivity index (χ1n) is 5.66. The summed E-state index contributed by atoms with van der Waals surface area (Å²) >= 11 is 3.13. The van der Waals surface area contributed by atoms with Crippen LogP contribution in [0.5, 0.6) is 11.5 Å². The van der Waals surface area contributed by atoms with Gasteiger partial charge in [0.25, 0.3) is 0 Å². The van der Waals surface area contributed by atoms with Gasteiger partial charge in [-0.15, -0.1) is 0 Å². The molecule has 1 aromatic carbocycles. The number of phenols is 1. The van der Waals surface area contributed by atoms with Crippen LogP contribution in [0.4, 0.5) is 4.39 Å². The number of phenolic OH excluding ortho intramolecular Hbond substituents is 1. The van der Waals surface area contributed by atoms with E-state index in [1.54, 1.807) is 0 Å². The lowest BCUT2D eigenvalue weighted by molar-refractivity contribution is -0.141. The Bertz CT molecular complexity index is 523. The molecule has 0 radical (unpaired) electrons. The molecule has 1 aliphatic rings. The molecule has 7 heteroatoms. The number of halogens is 2. The van der Waals surface area contributed by atoms with Crippen molar-refractivity contribution >= 4 is 21.9 Å². The maximum absolute atomic E-state index is 14.0. The molecule has 0 aromatic heterocycles. The zero-order valence-corrected chi connectivity index (χ0v) is 11.7. The van der Waals surface area contributed by atoms with Gasteiger partial charge in [0.15, 0.2) is 11.5 Å². The standard InChI is InChI=1S/C12H13BrFNO4/c1-19-8-3-6(14)9(10(13)11(8)16)7-2-5(4-15-7)12(17)18/h3,5,7,15-16H,2,4H2,1H3,(H,17,18). The summed E-state index contributed by atoms with van der Waals surface area (Å²) < 4.78 is 19.1. The third kappa shape index (κ3) is 2.52. The van der Waals surface area contributed by atoms with Crippen molar-refractivity contribution < 1.29 is 24.1 Å². The molecule has 2 unspecified atom stereocenters. The molecule has 0 saturated carbocycles. The van der Waals surface area contributed by atoms with Crippen LogP contribution in [0.2, 0.25) is 0 Å². The Morgan fingerprint density at radius 3 is 2.84 bits per heavy atom. The lowest BCUT2D eigenvalue weighted by atomic mass is 9.99. The number of ether oxygens (including phenoxy) is 1. The quantitative estimate of drug-likeness (QED) is 0.788. The van der Waals surface area contributed by atoms with Crippen molar-refractivity contribution in [2.24, 2.45) is 5.92 Å². The van der Waals surface area contributed by atoms with Crippen LogP contribution in [0.15, 0.2) is 10.5 Å². The van der Waals surface area contributed by atoms with Gasteiger partial charge in [0.1, 0.15) is 5.82 Å². The molecule has 1 fully saturated rings. The summed E-state index contributed by atoms with van der Waals surface area (Å²) in [5, 5.41) is 21.7.